The fraction of sp³-hybridized carbons (Fsp3) is 0.0833. The van der Waals surface area contributed by atoms with Gasteiger partial charge in [-0.1, -0.05) is 91.0 Å². The van der Waals surface area contributed by atoms with Crippen molar-refractivity contribution in [3.8, 4) is 16.5 Å². The van der Waals surface area contributed by atoms with E-state index in [-0.39, 0.29) is 17.8 Å². The molecule has 0 amide bonds. The van der Waals surface area contributed by atoms with E-state index in [1.165, 1.54) is 0 Å². The Morgan fingerprint density at radius 3 is 1.86 bits per heavy atom. The Bertz CT molecular complexity index is 1110. The van der Waals surface area contributed by atoms with Crippen LogP contribution in [0.15, 0.2) is 91.0 Å². The molecule has 4 heteroatoms. The van der Waals surface area contributed by atoms with E-state index in [4.69, 9.17) is 4.74 Å². The molecule has 4 aromatic rings. The summed E-state index contributed by atoms with van der Waals surface area (Å²) in [6, 6.07) is 30.0. The van der Waals surface area contributed by atoms with Gasteiger partial charge < -0.3 is 4.74 Å². The van der Waals surface area contributed by atoms with Gasteiger partial charge in [-0.2, -0.15) is 0 Å². The molecule has 0 aliphatic carbocycles. The first kappa shape index (κ1) is 16.9. The second kappa shape index (κ2) is 7.06. The molecule has 1 aromatic heterocycles. The first-order chi connectivity index (χ1) is 13.8. The molecular weight excluding hydrogens is 366 g/mol. The van der Waals surface area contributed by atoms with E-state index in [0.29, 0.717) is 5.88 Å². The second-order valence-corrected chi connectivity index (χ2v) is 7.78. The van der Waals surface area contributed by atoms with Crippen molar-refractivity contribution >= 4 is 17.3 Å². The minimum atomic E-state index is -0.389. The molecule has 28 heavy (non-hydrogen) atoms. The summed E-state index contributed by atoms with van der Waals surface area (Å²) < 4.78 is 5.71. The van der Waals surface area contributed by atoms with Gasteiger partial charge in [-0.25, -0.2) is 4.98 Å². The van der Waals surface area contributed by atoms with Crippen LogP contribution in [0.3, 0.4) is 0 Å². The highest BCUT2D eigenvalue weighted by Crippen LogP contribution is 2.50. The molecule has 0 saturated carbocycles. The van der Waals surface area contributed by atoms with E-state index in [1.807, 2.05) is 78.9 Å². The van der Waals surface area contributed by atoms with Crippen LogP contribution in [0.4, 0.5) is 0 Å². The van der Waals surface area contributed by atoms with Crippen LogP contribution in [0.1, 0.15) is 27.8 Å². The molecule has 0 fully saturated rings. The standard InChI is InChI=1S/C24H17NO2S/c26-24-20(17-12-6-2-7-13-17)19(16-10-4-1-5-11-16)21-22(27-24)25-23(28-21)18-14-8-3-9-15-18/h1-15,19-20H/t19-,20-/m0/s1. The molecule has 0 bridgehead atoms. The molecule has 0 saturated heterocycles. The predicted octanol–water partition coefficient (Wildman–Crippen LogP) is 5.64. The summed E-state index contributed by atoms with van der Waals surface area (Å²) in [6.07, 6.45) is 0. The van der Waals surface area contributed by atoms with Crippen LogP contribution in [0, 0.1) is 0 Å². The predicted molar refractivity (Wildman–Crippen MR) is 111 cm³/mol. The largest absolute Gasteiger partial charge is 0.406 e. The van der Waals surface area contributed by atoms with E-state index in [9.17, 15) is 4.79 Å². The summed E-state index contributed by atoms with van der Waals surface area (Å²) in [5.74, 6) is -0.317. The first-order valence-corrected chi connectivity index (χ1v) is 10.0. The Morgan fingerprint density at radius 2 is 1.25 bits per heavy atom. The molecule has 2 atom stereocenters. The number of hydrogen-bond acceptors (Lipinski definition) is 4. The number of fused-ring (bicyclic) bond motifs is 1. The summed E-state index contributed by atoms with van der Waals surface area (Å²) in [7, 11) is 0. The molecule has 0 radical (unpaired) electrons. The van der Waals surface area contributed by atoms with Gasteiger partial charge in [0.2, 0.25) is 5.88 Å². The van der Waals surface area contributed by atoms with Crippen LogP contribution < -0.4 is 4.74 Å². The summed E-state index contributed by atoms with van der Waals surface area (Å²) in [5, 5.41) is 0.869. The van der Waals surface area contributed by atoms with Gasteiger partial charge in [-0.05, 0) is 11.1 Å². The fourth-order valence-corrected chi connectivity index (χ4v) is 4.90. The van der Waals surface area contributed by atoms with E-state index in [0.717, 1.165) is 26.6 Å². The monoisotopic (exact) mass is 383 g/mol. The van der Waals surface area contributed by atoms with Crippen molar-refractivity contribution < 1.29 is 9.53 Å². The maximum Gasteiger partial charge on any atom is 0.321 e. The minimum Gasteiger partial charge on any atom is -0.406 e. The Hall–Kier alpha value is -3.24. The minimum absolute atomic E-state index is 0.116. The van der Waals surface area contributed by atoms with E-state index in [2.05, 4.69) is 17.1 Å². The van der Waals surface area contributed by atoms with Gasteiger partial charge in [0.05, 0.1) is 10.8 Å². The van der Waals surface area contributed by atoms with Crippen LogP contribution in [0.5, 0.6) is 5.88 Å². The van der Waals surface area contributed by atoms with Gasteiger partial charge in [-0.3, -0.25) is 4.79 Å². The van der Waals surface area contributed by atoms with Crippen LogP contribution in [-0.2, 0) is 4.79 Å². The zero-order valence-corrected chi connectivity index (χ0v) is 15.8. The number of benzene rings is 3. The number of esters is 1. The lowest BCUT2D eigenvalue weighted by Crippen LogP contribution is -2.30. The van der Waals surface area contributed by atoms with E-state index in [1.54, 1.807) is 11.3 Å². The summed E-state index contributed by atoms with van der Waals surface area (Å²) >= 11 is 1.60. The third-order valence-electron chi connectivity index (χ3n) is 5.03. The highest BCUT2D eigenvalue weighted by atomic mass is 32.1. The zero-order valence-electron chi connectivity index (χ0n) is 15.0. The average Bonchev–Trinajstić information content (AvgIpc) is 3.18. The third kappa shape index (κ3) is 2.92. The van der Waals surface area contributed by atoms with Crippen molar-refractivity contribution in [3.63, 3.8) is 0 Å². The van der Waals surface area contributed by atoms with Crippen molar-refractivity contribution in [1.29, 1.82) is 0 Å². The average molecular weight is 383 g/mol. The number of rotatable bonds is 3. The summed E-state index contributed by atoms with van der Waals surface area (Å²) in [5.41, 5.74) is 3.08. The van der Waals surface area contributed by atoms with Gasteiger partial charge in [0, 0.05) is 11.5 Å². The zero-order chi connectivity index (χ0) is 18.9. The molecule has 0 spiro atoms. The Morgan fingerprint density at radius 1 is 0.714 bits per heavy atom. The molecule has 3 aromatic carbocycles. The normalized spacial score (nSPS) is 18.4. The number of thiazole rings is 1. The molecule has 0 unspecified atom stereocenters. The topological polar surface area (TPSA) is 39.2 Å². The highest BCUT2D eigenvalue weighted by Gasteiger charge is 2.42. The molecule has 3 nitrogen and oxygen atoms in total. The Balaban J connectivity index is 1.69. The number of aromatic nitrogens is 1. The lowest BCUT2D eigenvalue weighted by molar-refractivity contribution is -0.137. The number of nitrogens with zero attached hydrogens (tertiary/aromatic N) is 1. The SMILES string of the molecule is O=C1Oc2nc(-c3ccccc3)sc2[C@@H](c2ccccc2)[C@@H]1c1ccccc1. The quantitative estimate of drug-likeness (QED) is 0.430. The van der Waals surface area contributed by atoms with Crippen LogP contribution in [-0.4, -0.2) is 11.0 Å². The van der Waals surface area contributed by atoms with E-state index >= 15 is 0 Å². The van der Waals surface area contributed by atoms with Crippen LogP contribution >= 0.6 is 11.3 Å². The molecular formula is C24H17NO2S. The van der Waals surface area contributed by atoms with Crippen molar-refractivity contribution in [1.82, 2.24) is 4.98 Å². The Kier molecular flexibility index (Phi) is 4.26. The van der Waals surface area contributed by atoms with Gasteiger partial charge >= 0.3 is 5.97 Å². The van der Waals surface area contributed by atoms with Crippen molar-refractivity contribution in [2.45, 2.75) is 11.8 Å². The molecule has 1 aliphatic heterocycles. The maximum atomic E-state index is 13.0. The van der Waals surface area contributed by atoms with Gasteiger partial charge in [0.15, 0.2) is 0 Å². The third-order valence-corrected chi connectivity index (χ3v) is 6.19. The lowest BCUT2D eigenvalue weighted by Gasteiger charge is -2.29. The number of ether oxygens (including phenoxy) is 1. The van der Waals surface area contributed by atoms with Gasteiger partial charge in [-0.15, -0.1) is 11.3 Å². The smallest absolute Gasteiger partial charge is 0.321 e. The second-order valence-electron chi connectivity index (χ2n) is 6.75. The fourth-order valence-electron chi connectivity index (χ4n) is 3.73. The lowest BCUT2D eigenvalue weighted by atomic mass is 9.79. The summed E-state index contributed by atoms with van der Waals surface area (Å²) in [4.78, 5) is 18.7. The molecule has 0 N–H and O–H groups in total. The van der Waals surface area contributed by atoms with Crippen molar-refractivity contribution in [2.75, 3.05) is 0 Å². The molecule has 136 valence electrons. The molecule has 5 rings (SSSR count). The Labute approximate surface area is 167 Å². The van der Waals surface area contributed by atoms with E-state index < -0.39 is 0 Å². The summed E-state index contributed by atoms with van der Waals surface area (Å²) in [6.45, 7) is 0. The van der Waals surface area contributed by atoms with Crippen LogP contribution in [0.2, 0.25) is 0 Å². The number of carbonyl (C=O) groups is 1. The van der Waals surface area contributed by atoms with Gasteiger partial charge in [0.1, 0.15) is 5.01 Å². The van der Waals surface area contributed by atoms with Crippen molar-refractivity contribution in [2.24, 2.45) is 0 Å². The maximum absolute atomic E-state index is 13.0. The van der Waals surface area contributed by atoms with Crippen molar-refractivity contribution in [3.05, 3.63) is 107 Å². The first-order valence-electron chi connectivity index (χ1n) is 9.19. The van der Waals surface area contributed by atoms with Gasteiger partial charge in [0.25, 0.3) is 0 Å². The molecule has 2 heterocycles. The number of carbonyl (C=O) groups excluding carboxylic acids is 1. The number of hydrogen-bond donors (Lipinski definition) is 0. The highest BCUT2D eigenvalue weighted by molar-refractivity contribution is 7.15. The van der Waals surface area contributed by atoms with Crippen LogP contribution in [0.25, 0.3) is 10.6 Å². The molecule has 1 aliphatic rings.